The molecule has 2 saturated heterocycles. The number of carbonyl (C=O) groups excluding carboxylic acids is 3. The number of esters is 1. The van der Waals surface area contributed by atoms with E-state index in [-0.39, 0.29) is 49.1 Å². The van der Waals surface area contributed by atoms with Crippen molar-refractivity contribution in [3.8, 4) is 5.75 Å². The van der Waals surface area contributed by atoms with Crippen LogP contribution in [-0.4, -0.2) is 72.9 Å². The van der Waals surface area contributed by atoms with Crippen LogP contribution < -0.4 is 15.4 Å². The average molecular weight is 532 g/mol. The number of thiocarbonyl (C=S) groups is 1. The number of nitrogens with zero attached hydrogens (tertiary/aromatic N) is 1. The van der Waals surface area contributed by atoms with Gasteiger partial charge in [0.05, 0.1) is 24.2 Å². The van der Waals surface area contributed by atoms with E-state index >= 15 is 0 Å². The van der Waals surface area contributed by atoms with Crippen LogP contribution in [0.3, 0.4) is 0 Å². The topological polar surface area (TPSA) is 106 Å². The fourth-order valence-corrected chi connectivity index (χ4v) is 4.40. The highest BCUT2D eigenvalue weighted by atomic mass is 35.5. The number of piperazine rings is 1. The molecule has 2 aliphatic heterocycles. The maximum Gasteiger partial charge on any atom is 0.308 e. The summed E-state index contributed by atoms with van der Waals surface area (Å²) in [6, 6.07) is 4.05. The van der Waals surface area contributed by atoms with Crippen LogP contribution in [0.25, 0.3) is 0 Å². The maximum atomic E-state index is 12.4. The zero-order valence-corrected chi connectivity index (χ0v) is 20.8. The summed E-state index contributed by atoms with van der Waals surface area (Å²) in [7, 11) is 0. The predicted octanol–water partition coefficient (Wildman–Crippen LogP) is 2.47. The highest BCUT2D eigenvalue weighted by Crippen LogP contribution is 2.27. The summed E-state index contributed by atoms with van der Waals surface area (Å²) >= 11 is 17.3. The Balaban J connectivity index is 1.42. The lowest BCUT2D eigenvalue weighted by atomic mass is 10.1. The molecule has 1 aromatic carbocycles. The molecule has 2 N–H and O–H groups in total. The maximum absolute atomic E-state index is 12.4. The third kappa shape index (κ3) is 7.97. The Kier molecular flexibility index (Phi) is 10.2. The highest BCUT2D eigenvalue weighted by Gasteiger charge is 2.34. The summed E-state index contributed by atoms with van der Waals surface area (Å²) in [4.78, 5) is 38.6. The molecule has 0 aromatic heterocycles. The van der Waals surface area contributed by atoms with Crippen molar-refractivity contribution in [2.75, 3.05) is 32.9 Å². The molecule has 0 bridgehead atoms. The minimum atomic E-state index is -0.853. The Hall–Kier alpha value is -2.14. The summed E-state index contributed by atoms with van der Waals surface area (Å²) in [5.41, 5.74) is 0. The van der Waals surface area contributed by atoms with Crippen molar-refractivity contribution in [2.45, 2.75) is 44.2 Å². The van der Waals surface area contributed by atoms with Gasteiger partial charge in [-0.1, -0.05) is 23.2 Å². The van der Waals surface area contributed by atoms with Crippen LogP contribution in [0.4, 0.5) is 0 Å². The Morgan fingerprint density at radius 3 is 2.88 bits per heavy atom. The lowest BCUT2D eigenvalue weighted by molar-refractivity contribution is -0.150. The van der Waals surface area contributed by atoms with Gasteiger partial charge in [0, 0.05) is 31.1 Å². The molecule has 0 radical (unpaired) electrons. The lowest BCUT2D eigenvalue weighted by Crippen LogP contribution is -2.60. The van der Waals surface area contributed by atoms with E-state index in [1.54, 1.807) is 23.1 Å². The molecule has 3 rings (SSSR count). The third-order valence-electron chi connectivity index (χ3n) is 5.35. The van der Waals surface area contributed by atoms with Gasteiger partial charge < -0.3 is 29.7 Å². The quantitative estimate of drug-likeness (QED) is 0.284. The smallest absolute Gasteiger partial charge is 0.308 e. The van der Waals surface area contributed by atoms with E-state index in [2.05, 4.69) is 10.6 Å². The zero-order valence-electron chi connectivity index (χ0n) is 18.5. The van der Waals surface area contributed by atoms with E-state index in [4.69, 9.17) is 49.6 Å². The van der Waals surface area contributed by atoms with E-state index in [0.29, 0.717) is 41.9 Å². The van der Waals surface area contributed by atoms with Gasteiger partial charge in [-0.3, -0.25) is 14.4 Å². The molecule has 2 aliphatic rings. The summed E-state index contributed by atoms with van der Waals surface area (Å²) in [6.45, 7) is 1.82. The van der Waals surface area contributed by atoms with E-state index in [1.165, 1.54) is 0 Å². The van der Waals surface area contributed by atoms with Crippen LogP contribution in [0, 0.1) is 0 Å². The van der Waals surface area contributed by atoms with Gasteiger partial charge in [-0.15, -0.1) is 0 Å². The van der Waals surface area contributed by atoms with Gasteiger partial charge in [0.15, 0.2) is 5.11 Å². The standard InChI is InChI=1S/C22H27Cl2N3O6S/c23-14-5-6-18(16(24)11-14)32-10-2-4-19(28)26-22(34)27-8-7-25-21(30)17(27)12-20(29)33-13-15-3-1-9-31-15/h5-6,11,15,17H,1-4,7-10,12-13H2,(H,25,30)(H,26,28,34). The summed E-state index contributed by atoms with van der Waals surface area (Å²) in [5, 5.41) is 6.34. The number of hydrogen-bond acceptors (Lipinski definition) is 7. The molecule has 2 heterocycles. The summed E-state index contributed by atoms with van der Waals surface area (Å²) in [5.74, 6) is -0.697. The molecule has 34 heavy (non-hydrogen) atoms. The molecule has 1 aromatic rings. The number of nitrogens with one attached hydrogen (secondary N) is 2. The minimum absolute atomic E-state index is 0.0958. The van der Waals surface area contributed by atoms with Crippen LogP contribution in [-0.2, 0) is 23.9 Å². The number of amides is 2. The van der Waals surface area contributed by atoms with E-state index in [0.717, 1.165) is 12.8 Å². The Labute approximate surface area is 213 Å². The molecule has 0 spiro atoms. The second-order valence-electron chi connectivity index (χ2n) is 7.90. The number of rotatable bonds is 9. The van der Waals surface area contributed by atoms with Crippen molar-refractivity contribution in [3.63, 3.8) is 0 Å². The Morgan fingerprint density at radius 2 is 2.15 bits per heavy atom. The average Bonchev–Trinajstić information content (AvgIpc) is 3.31. The van der Waals surface area contributed by atoms with Crippen molar-refractivity contribution in [1.82, 2.24) is 15.5 Å². The molecule has 0 aliphatic carbocycles. The molecule has 2 atom stereocenters. The van der Waals surface area contributed by atoms with Crippen molar-refractivity contribution in [1.29, 1.82) is 0 Å². The van der Waals surface area contributed by atoms with Gasteiger partial charge in [0.2, 0.25) is 11.8 Å². The highest BCUT2D eigenvalue weighted by molar-refractivity contribution is 7.80. The first-order valence-corrected chi connectivity index (χ1v) is 12.2. The Bertz CT molecular complexity index is 913. The van der Waals surface area contributed by atoms with Gasteiger partial charge in [-0.2, -0.15) is 0 Å². The van der Waals surface area contributed by atoms with E-state index in [9.17, 15) is 14.4 Å². The molecule has 2 fully saturated rings. The largest absolute Gasteiger partial charge is 0.492 e. The van der Waals surface area contributed by atoms with E-state index in [1.807, 2.05) is 0 Å². The second-order valence-corrected chi connectivity index (χ2v) is 9.13. The first-order valence-electron chi connectivity index (χ1n) is 11.1. The van der Waals surface area contributed by atoms with Crippen LogP contribution in [0.1, 0.15) is 32.1 Å². The number of carbonyl (C=O) groups is 3. The monoisotopic (exact) mass is 531 g/mol. The number of halogens is 2. The van der Waals surface area contributed by atoms with Crippen LogP contribution >= 0.6 is 35.4 Å². The molecule has 2 amide bonds. The first kappa shape index (κ1) is 26.5. The van der Waals surface area contributed by atoms with Crippen molar-refractivity contribution in [2.24, 2.45) is 0 Å². The fraction of sp³-hybridized carbons (Fsp3) is 0.545. The SMILES string of the molecule is O=C(CCCOc1ccc(Cl)cc1Cl)NC(=S)N1CCNC(=O)C1CC(=O)OCC1CCCO1. The normalized spacial score (nSPS) is 19.9. The number of ether oxygens (including phenoxy) is 3. The minimum Gasteiger partial charge on any atom is -0.492 e. The van der Waals surface area contributed by atoms with Gasteiger partial charge >= 0.3 is 5.97 Å². The van der Waals surface area contributed by atoms with Crippen LogP contribution in [0.5, 0.6) is 5.75 Å². The lowest BCUT2D eigenvalue weighted by Gasteiger charge is -2.36. The number of benzene rings is 1. The first-order chi connectivity index (χ1) is 16.3. The van der Waals surface area contributed by atoms with Gasteiger partial charge in [0.25, 0.3) is 0 Å². The summed E-state index contributed by atoms with van der Waals surface area (Å²) < 4.78 is 16.3. The van der Waals surface area contributed by atoms with Crippen molar-refractivity contribution < 1.29 is 28.6 Å². The van der Waals surface area contributed by atoms with Gasteiger partial charge in [-0.05, 0) is 49.7 Å². The molecule has 12 heteroatoms. The van der Waals surface area contributed by atoms with Crippen molar-refractivity contribution in [3.05, 3.63) is 28.2 Å². The molecule has 0 saturated carbocycles. The number of hydrogen-bond donors (Lipinski definition) is 2. The summed E-state index contributed by atoms with van der Waals surface area (Å²) in [6.07, 6.45) is 2.09. The van der Waals surface area contributed by atoms with E-state index < -0.39 is 12.0 Å². The zero-order chi connectivity index (χ0) is 24.5. The third-order valence-corrected chi connectivity index (χ3v) is 6.22. The molecular weight excluding hydrogens is 505 g/mol. The Morgan fingerprint density at radius 1 is 1.32 bits per heavy atom. The van der Waals surface area contributed by atoms with Crippen LogP contribution in [0.2, 0.25) is 10.0 Å². The predicted molar refractivity (Wildman–Crippen MR) is 130 cm³/mol. The molecule has 2 unspecified atom stereocenters. The fourth-order valence-electron chi connectivity index (χ4n) is 3.60. The molecule has 186 valence electrons. The molecular formula is C22H27Cl2N3O6S. The van der Waals surface area contributed by atoms with Crippen molar-refractivity contribution >= 4 is 58.3 Å². The van der Waals surface area contributed by atoms with Gasteiger partial charge in [-0.25, -0.2) is 0 Å². The second kappa shape index (κ2) is 13.1. The van der Waals surface area contributed by atoms with Gasteiger partial charge in [0.1, 0.15) is 18.4 Å². The van der Waals surface area contributed by atoms with Crippen LogP contribution in [0.15, 0.2) is 18.2 Å². The molecule has 9 nitrogen and oxygen atoms in total.